The molecule has 1 aliphatic heterocycles. The van der Waals surface area contributed by atoms with E-state index < -0.39 is 11.8 Å². The highest BCUT2D eigenvalue weighted by atomic mass is 19.1. The quantitative estimate of drug-likeness (QED) is 0.828. The number of hydrogen-bond donors (Lipinski definition) is 1. The van der Waals surface area contributed by atoms with E-state index in [0.717, 1.165) is 13.0 Å². The summed E-state index contributed by atoms with van der Waals surface area (Å²) in [6.07, 6.45) is 0.856. The second kappa shape index (κ2) is 5.35. The van der Waals surface area contributed by atoms with E-state index in [1.807, 2.05) is 4.90 Å². The van der Waals surface area contributed by atoms with Crippen molar-refractivity contribution in [3.05, 3.63) is 29.6 Å². The average Bonchev–Trinajstić information content (AvgIpc) is 2.86. The van der Waals surface area contributed by atoms with E-state index in [4.69, 9.17) is 5.11 Å². The first kappa shape index (κ1) is 12.8. The maximum Gasteiger partial charge on any atom is 0.337 e. The van der Waals surface area contributed by atoms with Crippen LogP contribution in [0.1, 0.15) is 16.8 Å². The van der Waals surface area contributed by atoms with Gasteiger partial charge in [0.2, 0.25) is 0 Å². The van der Waals surface area contributed by atoms with Gasteiger partial charge < -0.3 is 14.7 Å². The molecule has 0 aromatic heterocycles. The maximum atomic E-state index is 13.9. The SMILES string of the molecule is COC(=O)c1ccc(N2CC[C@@H](CO)C2)c(F)c1. The van der Waals surface area contributed by atoms with Crippen LogP contribution in [0.25, 0.3) is 0 Å². The normalized spacial score (nSPS) is 19.1. The molecule has 0 bridgehead atoms. The number of carbonyl (C=O) groups excluding carboxylic acids is 1. The number of rotatable bonds is 3. The molecule has 4 nitrogen and oxygen atoms in total. The van der Waals surface area contributed by atoms with Gasteiger partial charge in [0.15, 0.2) is 0 Å². The second-order valence-corrected chi connectivity index (χ2v) is 4.44. The molecule has 0 amide bonds. The zero-order chi connectivity index (χ0) is 13.1. The van der Waals surface area contributed by atoms with Crippen LogP contribution >= 0.6 is 0 Å². The number of ether oxygens (including phenoxy) is 1. The third kappa shape index (κ3) is 2.46. The van der Waals surface area contributed by atoms with Crippen molar-refractivity contribution in [2.45, 2.75) is 6.42 Å². The van der Waals surface area contributed by atoms with Crippen molar-refractivity contribution >= 4 is 11.7 Å². The van der Waals surface area contributed by atoms with Crippen LogP contribution in [0, 0.1) is 11.7 Å². The summed E-state index contributed by atoms with van der Waals surface area (Å²) in [5.74, 6) is -0.781. The summed E-state index contributed by atoms with van der Waals surface area (Å²) in [5.41, 5.74) is 0.676. The Labute approximate surface area is 105 Å². The van der Waals surface area contributed by atoms with Gasteiger partial charge >= 0.3 is 5.97 Å². The van der Waals surface area contributed by atoms with Crippen LogP contribution in [0.4, 0.5) is 10.1 Å². The van der Waals surface area contributed by atoms with Gasteiger partial charge in [-0.3, -0.25) is 0 Å². The van der Waals surface area contributed by atoms with Crippen molar-refractivity contribution in [1.29, 1.82) is 0 Å². The molecule has 1 N–H and O–H groups in total. The number of nitrogens with zero attached hydrogens (tertiary/aromatic N) is 1. The molecule has 1 saturated heterocycles. The van der Waals surface area contributed by atoms with E-state index >= 15 is 0 Å². The van der Waals surface area contributed by atoms with Crippen molar-refractivity contribution in [1.82, 2.24) is 0 Å². The van der Waals surface area contributed by atoms with Crippen molar-refractivity contribution in [3.63, 3.8) is 0 Å². The van der Waals surface area contributed by atoms with Crippen molar-refractivity contribution < 1.29 is 19.0 Å². The topological polar surface area (TPSA) is 49.8 Å². The Morgan fingerprint density at radius 2 is 2.39 bits per heavy atom. The van der Waals surface area contributed by atoms with E-state index in [2.05, 4.69) is 4.74 Å². The second-order valence-electron chi connectivity index (χ2n) is 4.44. The van der Waals surface area contributed by atoms with Crippen LogP contribution < -0.4 is 4.90 Å². The molecule has 0 aliphatic carbocycles. The van der Waals surface area contributed by atoms with Crippen LogP contribution in [0.2, 0.25) is 0 Å². The highest BCUT2D eigenvalue weighted by Crippen LogP contribution is 2.26. The zero-order valence-electron chi connectivity index (χ0n) is 10.2. The summed E-state index contributed by atoms with van der Waals surface area (Å²) in [7, 11) is 1.26. The molecule has 98 valence electrons. The standard InChI is InChI=1S/C13H16FNO3/c1-18-13(17)10-2-3-12(11(14)6-10)15-5-4-9(7-15)8-16/h2-3,6,9,16H,4-5,7-8H2,1H3/t9-/m1/s1. The lowest BCUT2D eigenvalue weighted by Crippen LogP contribution is -2.21. The van der Waals surface area contributed by atoms with Gasteiger partial charge in [-0.05, 0) is 24.6 Å². The van der Waals surface area contributed by atoms with E-state index in [-0.39, 0.29) is 18.1 Å². The number of carbonyl (C=O) groups is 1. The van der Waals surface area contributed by atoms with Crippen LogP contribution in [0.3, 0.4) is 0 Å². The monoisotopic (exact) mass is 253 g/mol. The first-order chi connectivity index (χ1) is 8.65. The summed E-state index contributed by atoms with van der Waals surface area (Å²) in [5, 5.41) is 9.07. The van der Waals surface area contributed by atoms with Crippen molar-refractivity contribution in [2.24, 2.45) is 5.92 Å². The minimum atomic E-state index is -0.546. The largest absolute Gasteiger partial charge is 0.465 e. The Balaban J connectivity index is 2.18. The molecule has 1 fully saturated rings. The molecule has 0 spiro atoms. The highest BCUT2D eigenvalue weighted by molar-refractivity contribution is 5.89. The Kier molecular flexibility index (Phi) is 3.81. The first-order valence-electron chi connectivity index (χ1n) is 5.89. The van der Waals surface area contributed by atoms with Crippen LogP contribution in [-0.4, -0.2) is 37.9 Å². The Hall–Kier alpha value is -1.62. The fourth-order valence-electron chi connectivity index (χ4n) is 2.21. The van der Waals surface area contributed by atoms with E-state index in [0.29, 0.717) is 12.2 Å². The molecule has 1 heterocycles. The number of anilines is 1. The Morgan fingerprint density at radius 3 is 2.94 bits per heavy atom. The molecule has 1 aromatic rings. The summed E-state index contributed by atoms with van der Waals surface area (Å²) < 4.78 is 18.5. The van der Waals surface area contributed by atoms with Gasteiger partial charge in [-0.15, -0.1) is 0 Å². The van der Waals surface area contributed by atoms with Crippen molar-refractivity contribution in [2.75, 3.05) is 31.7 Å². The average molecular weight is 253 g/mol. The van der Waals surface area contributed by atoms with Gasteiger partial charge in [-0.25, -0.2) is 9.18 Å². The summed E-state index contributed by atoms with van der Waals surface area (Å²) in [6, 6.07) is 4.32. The molecule has 18 heavy (non-hydrogen) atoms. The predicted octanol–water partition coefficient (Wildman–Crippen LogP) is 1.43. The summed E-state index contributed by atoms with van der Waals surface area (Å²) in [6.45, 7) is 1.49. The Morgan fingerprint density at radius 1 is 1.61 bits per heavy atom. The lowest BCUT2D eigenvalue weighted by molar-refractivity contribution is 0.0600. The molecule has 1 aromatic carbocycles. The van der Waals surface area contributed by atoms with Crippen LogP contribution in [-0.2, 0) is 4.74 Å². The molecule has 0 saturated carbocycles. The molecule has 1 aliphatic rings. The third-order valence-electron chi connectivity index (χ3n) is 3.25. The molecule has 0 radical (unpaired) electrons. The van der Waals surface area contributed by atoms with Crippen LogP contribution in [0.5, 0.6) is 0 Å². The smallest absolute Gasteiger partial charge is 0.337 e. The van der Waals surface area contributed by atoms with Crippen molar-refractivity contribution in [3.8, 4) is 0 Å². The van der Waals surface area contributed by atoms with Crippen LogP contribution in [0.15, 0.2) is 18.2 Å². The number of esters is 1. The van der Waals surface area contributed by atoms with Gasteiger partial charge in [-0.1, -0.05) is 0 Å². The molecule has 1 atom stereocenters. The lowest BCUT2D eigenvalue weighted by Gasteiger charge is -2.19. The van der Waals surface area contributed by atoms with Gasteiger partial charge in [0.1, 0.15) is 5.82 Å². The summed E-state index contributed by atoms with van der Waals surface area (Å²) in [4.78, 5) is 13.1. The minimum Gasteiger partial charge on any atom is -0.465 e. The number of halogens is 1. The Bertz CT molecular complexity index is 450. The minimum absolute atomic E-state index is 0.123. The van der Waals surface area contributed by atoms with E-state index in [1.54, 1.807) is 12.1 Å². The fraction of sp³-hybridized carbons (Fsp3) is 0.462. The van der Waals surface area contributed by atoms with Gasteiger partial charge in [0.05, 0.1) is 18.4 Å². The van der Waals surface area contributed by atoms with Gasteiger partial charge in [0, 0.05) is 25.6 Å². The predicted molar refractivity (Wildman–Crippen MR) is 65.1 cm³/mol. The number of methoxy groups -OCH3 is 1. The lowest BCUT2D eigenvalue weighted by atomic mass is 10.1. The van der Waals surface area contributed by atoms with Gasteiger partial charge in [0.25, 0.3) is 0 Å². The van der Waals surface area contributed by atoms with E-state index in [9.17, 15) is 9.18 Å². The fourth-order valence-corrected chi connectivity index (χ4v) is 2.21. The molecule has 2 rings (SSSR count). The number of hydrogen-bond acceptors (Lipinski definition) is 4. The van der Waals surface area contributed by atoms with E-state index in [1.165, 1.54) is 13.2 Å². The third-order valence-corrected chi connectivity index (χ3v) is 3.25. The highest BCUT2D eigenvalue weighted by Gasteiger charge is 2.24. The molecule has 5 heteroatoms. The molecule has 0 unspecified atom stereocenters. The number of aliphatic hydroxyl groups excluding tert-OH is 1. The number of benzene rings is 1. The first-order valence-corrected chi connectivity index (χ1v) is 5.89. The molecular weight excluding hydrogens is 237 g/mol. The zero-order valence-corrected chi connectivity index (χ0v) is 10.2. The summed E-state index contributed by atoms with van der Waals surface area (Å²) >= 11 is 0. The molecular formula is C13H16FNO3. The maximum absolute atomic E-state index is 13.9. The number of aliphatic hydroxyl groups is 1. The van der Waals surface area contributed by atoms with Gasteiger partial charge in [-0.2, -0.15) is 0 Å².